The number of amides is 1. The molecule has 1 atom stereocenters. The number of aromatic nitrogens is 6. The largest absolute Gasteiger partial charge is 0.377 e. The first-order chi connectivity index (χ1) is 16.1. The predicted octanol–water partition coefficient (Wildman–Crippen LogP) is 2.55. The van der Waals surface area contributed by atoms with E-state index in [0.29, 0.717) is 37.4 Å². The molecule has 1 fully saturated rings. The molecule has 1 aliphatic heterocycles. The van der Waals surface area contributed by atoms with E-state index in [1.54, 1.807) is 29.6 Å². The van der Waals surface area contributed by atoms with Crippen molar-refractivity contribution in [3.05, 3.63) is 83.4 Å². The summed E-state index contributed by atoms with van der Waals surface area (Å²) in [6, 6.07) is 11.8. The second-order valence-corrected chi connectivity index (χ2v) is 8.20. The van der Waals surface area contributed by atoms with Crippen molar-refractivity contribution < 1.29 is 9.53 Å². The van der Waals surface area contributed by atoms with Crippen molar-refractivity contribution in [3.63, 3.8) is 0 Å². The second-order valence-electron chi connectivity index (χ2n) is 8.20. The smallest absolute Gasteiger partial charge is 0.256 e. The number of morpholine rings is 1. The van der Waals surface area contributed by atoms with Crippen molar-refractivity contribution in [1.29, 1.82) is 0 Å². The topological polar surface area (TPSA) is 91.0 Å². The van der Waals surface area contributed by atoms with Crippen LogP contribution in [0.4, 0.5) is 0 Å². The lowest BCUT2D eigenvalue weighted by Gasteiger charge is -2.36. The van der Waals surface area contributed by atoms with Crippen molar-refractivity contribution in [2.75, 3.05) is 19.8 Å². The molecule has 0 spiro atoms. The molecule has 0 radical (unpaired) electrons. The summed E-state index contributed by atoms with van der Waals surface area (Å²) < 4.78 is 5.78. The Labute approximate surface area is 191 Å². The molecule has 9 nitrogen and oxygen atoms in total. The number of hydrogen-bond acceptors (Lipinski definition) is 6. The van der Waals surface area contributed by atoms with Gasteiger partial charge >= 0.3 is 0 Å². The Bertz CT molecular complexity index is 1250. The minimum atomic E-state index is -0.0921. The SMILES string of the molecule is Cc1ccc(C(=O)N2CCOC[C@H]2Cc2cc(-n3nccn3)ccc2C)c(-n2nccn2)c1. The lowest BCUT2D eigenvalue weighted by molar-refractivity contribution is -0.00169. The highest BCUT2D eigenvalue weighted by molar-refractivity contribution is 5.98. The molecule has 1 aliphatic rings. The normalized spacial score (nSPS) is 16.2. The number of carbonyl (C=O) groups is 1. The van der Waals surface area contributed by atoms with Crippen LogP contribution in [-0.2, 0) is 11.2 Å². The Morgan fingerprint density at radius 1 is 0.970 bits per heavy atom. The number of hydrogen-bond donors (Lipinski definition) is 0. The lowest BCUT2D eigenvalue weighted by Crippen LogP contribution is -2.50. The van der Waals surface area contributed by atoms with Crippen LogP contribution in [0.5, 0.6) is 0 Å². The fraction of sp³-hybridized carbons (Fsp3) is 0.292. The minimum absolute atomic E-state index is 0.0434. The summed E-state index contributed by atoms with van der Waals surface area (Å²) in [7, 11) is 0. The second kappa shape index (κ2) is 8.95. The van der Waals surface area contributed by atoms with Crippen molar-refractivity contribution in [3.8, 4) is 11.4 Å². The Kier molecular flexibility index (Phi) is 5.70. The molecule has 0 aliphatic carbocycles. The average molecular weight is 444 g/mol. The van der Waals surface area contributed by atoms with Gasteiger partial charge in [0.2, 0.25) is 0 Å². The van der Waals surface area contributed by atoms with Crippen LogP contribution in [-0.4, -0.2) is 66.6 Å². The number of nitrogens with zero attached hydrogens (tertiary/aromatic N) is 7. The van der Waals surface area contributed by atoms with Gasteiger partial charge in [-0.05, 0) is 61.2 Å². The molecule has 33 heavy (non-hydrogen) atoms. The molecule has 3 heterocycles. The van der Waals surface area contributed by atoms with Crippen LogP contribution in [0.1, 0.15) is 27.0 Å². The Hall–Kier alpha value is -3.85. The van der Waals surface area contributed by atoms with Gasteiger partial charge in [-0.2, -0.15) is 30.0 Å². The molecular formula is C24H25N7O2. The highest BCUT2D eigenvalue weighted by atomic mass is 16.5. The Morgan fingerprint density at radius 2 is 1.70 bits per heavy atom. The number of benzene rings is 2. The van der Waals surface area contributed by atoms with Crippen LogP contribution in [0.3, 0.4) is 0 Å². The van der Waals surface area contributed by atoms with Gasteiger partial charge in [0.25, 0.3) is 5.91 Å². The van der Waals surface area contributed by atoms with Gasteiger partial charge < -0.3 is 9.64 Å². The van der Waals surface area contributed by atoms with E-state index in [4.69, 9.17) is 4.74 Å². The average Bonchev–Trinajstić information content (AvgIpc) is 3.55. The van der Waals surface area contributed by atoms with E-state index >= 15 is 0 Å². The van der Waals surface area contributed by atoms with Gasteiger partial charge in [0.15, 0.2) is 0 Å². The molecule has 9 heteroatoms. The Morgan fingerprint density at radius 3 is 2.45 bits per heavy atom. The summed E-state index contributed by atoms with van der Waals surface area (Å²) in [5.41, 5.74) is 5.47. The first-order valence-corrected chi connectivity index (χ1v) is 10.9. The molecular weight excluding hydrogens is 418 g/mol. The fourth-order valence-corrected chi connectivity index (χ4v) is 4.18. The van der Waals surface area contributed by atoms with Crippen LogP contribution in [0.25, 0.3) is 11.4 Å². The highest BCUT2D eigenvalue weighted by Crippen LogP contribution is 2.23. The van der Waals surface area contributed by atoms with Crippen LogP contribution < -0.4 is 0 Å². The molecule has 1 amide bonds. The maximum absolute atomic E-state index is 13.7. The molecule has 2 aromatic carbocycles. The summed E-state index contributed by atoms with van der Waals surface area (Å²) in [4.78, 5) is 18.8. The van der Waals surface area contributed by atoms with Crippen LogP contribution in [0, 0.1) is 13.8 Å². The van der Waals surface area contributed by atoms with E-state index < -0.39 is 0 Å². The third-order valence-corrected chi connectivity index (χ3v) is 5.94. The summed E-state index contributed by atoms with van der Waals surface area (Å²) in [6.45, 7) is 5.59. The lowest BCUT2D eigenvalue weighted by atomic mass is 9.98. The van der Waals surface area contributed by atoms with E-state index in [2.05, 4.69) is 39.5 Å². The number of ether oxygens (including phenoxy) is 1. The quantitative estimate of drug-likeness (QED) is 0.471. The predicted molar refractivity (Wildman–Crippen MR) is 122 cm³/mol. The van der Waals surface area contributed by atoms with Gasteiger partial charge in [-0.3, -0.25) is 4.79 Å². The monoisotopic (exact) mass is 443 g/mol. The van der Waals surface area contributed by atoms with E-state index in [-0.39, 0.29) is 11.9 Å². The standard InChI is InChI=1S/C24H25N7O2/c1-17-3-6-22(23(13-17)31-27-9-10-28-31)24(32)29-11-12-33-16-21(29)15-19-14-20(5-4-18(19)2)30-25-7-8-26-30/h3-10,13-14,21H,11-12,15-16H2,1-2H3/t21-/m1/s1. The zero-order valence-electron chi connectivity index (χ0n) is 18.6. The highest BCUT2D eigenvalue weighted by Gasteiger charge is 2.30. The van der Waals surface area contributed by atoms with E-state index in [9.17, 15) is 4.79 Å². The van der Waals surface area contributed by atoms with Gasteiger partial charge in [0.1, 0.15) is 0 Å². The van der Waals surface area contributed by atoms with Crippen molar-refractivity contribution in [2.45, 2.75) is 26.3 Å². The van der Waals surface area contributed by atoms with Gasteiger partial charge in [-0.1, -0.05) is 12.1 Å². The van der Waals surface area contributed by atoms with Crippen molar-refractivity contribution >= 4 is 5.91 Å². The third-order valence-electron chi connectivity index (χ3n) is 5.94. The van der Waals surface area contributed by atoms with Crippen LogP contribution in [0.15, 0.2) is 61.2 Å². The maximum Gasteiger partial charge on any atom is 0.256 e. The van der Waals surface area contributed by atoms with Crippen LogP contribution >= 0.6 is 0 Å². The zero-order chi connectivity index (χ0) is 22.8. The summed E-state index contributed by atoms with van der Waals surface area (Å²) >= 11 is 0. The van der Waals surface area contributed by atoms with Crippen molar-refractivity contribution in [2.24, 2.45) is 0 Å². The molecule has 0 unspecified atom stereocenters. The molecule has 0 bridgehead atoms. The molecule has 168 valence electrons. The van der Waals surface area contributed by atoms with E-state index in [1.165, 1.54) is 4.80 Å². The van der Waals surface area contributed by atoms with Gasteiger partial charge in [0.05, 0.1) is 61.0 Å². The minimum Gasteiger partial charge on any atom is -0.377 e. The number of aryl methyl sites for hydroxylation is 2. The van der Waals surface area contributed by atoms with E-state index in [0.717, 1.165) is 22.4 Å². The zero-order valence-corrected chi connectivity index (χ0v) is 18.6. The van der Waals surface area contributed by atoms with Crippen molar-refractivity contribution in [1.82, 2.24) is 34.9 Å². The molecule has 4 aromatic rings. The molecule has 0 N–H and O–H groups in total. The number of carbonyl (C=O) groups excluding carboxylic acids is 1. The Balaban J connectivity index is 1.45. The maximum atomic E-state index is 13.7. The van der Waals surface area contributed by atoms with Gasteiger partial charge in [0, 0.05) is 6.54 Å². The molecule has 0 saturated carbocycles. The first kappa shape index (κ1) is 21.0. The van der Waals surface area contributed by atoms with Gasteiger partial charge in [-0.15, -0.1) is 0 Å². The fourth-order valence-electron chi connectivity index (χ4n) is 4.18. The third kappa shape index (κ3) is 4.27. The number of rotatable bonds is 5. The molecule has 5 rings (SSSR count). The van der Waals surface area contributed by atoms with Gasteiger partial charge in [-0.25, -0.2) is 0 Å². The summed E-state index contributed by atoms with van der Waals surface area (Å²) in [5, 5.41) is 16.9. The molecule has 2 aromatic heterocycles. The van der Waals surface area contributed by atoms with E-state index in [1.807, 2.05) is 36.1 Å². The first-order valence-electron chi connectivity index (χ1n) is 10.9. The summed E-state index contributed by atoms with van der Waals surface area (Å²) in [6.07, 6.45) is 7.20. The van der Waals surface area contributed by atoms with Crippen LogP contribution in [0.2, 0.25) is 0 Å². The summed E-state index contributed by atoms with van der Waals surface area (Å²) in [5.74, 6) is -0.0434. The molecule has 1 saturated heterocycles.